The average Bonchev–Trinajstić information content (AvgIpc) is 3.19. The molecular formula is C31H27NO6. The van der Waals surface area contributed by atoms with Crippen LogP contribution in [0.1, 0.15) is 45.7 Å². The Hall–Kier alpha value is -4.65. The first kappa shape index (κ1) is 25.0. The molecule has 0 spiro atoms. The summed E-state index contributed by atoms with van der Waals surface area (Å²) < 4.78 is 17.0. The van der Waals surface area contributed by atoms with E-state index in [4.69, 9.17) is 14.2 Å². The van der Waals surface area contributed by atoms with Gasteiger partial charge in [-0.05, 0) is 54.6 Å². The lowest BCUT2D eigenvalue weighted by atomic mass is 9.98. The maximum absolute atomic E-state index is 13.9. The third kappa shape index (κ3) is 4.70. The van der Waals surface area contributed by atoms with E-state index in [2.05, 4.69) is 0 Å². The minimum absolute atomic E-state index is 0.109. The Balaban J connectivity index is 1.55. The molecule has 1 aliphatic rings. The van der Waals surface area contributed by atoms with Gasteiger partial charge in [0.2, 0.25) is 0 Å². The quantitative estimate of drug-likeness (QED) is 0.212. The van der Waals surface area contributed by atoms with Crippen LogP contribution in [0.15, 0.2) is 78.9 Å². The van der Waals surface area contributed by atoms with Gasteiger partial charge in [-0.3, -0.25) is 14.4 Å². The van der Waals surface area contributed by atoms with Crippen LogP contribution in [-0.4, -0.2) is 31.0 Å². The van der Waals surface area contributed by atoms with E-state index < -0.39 is 11.8 Å². The first-order valence-corrected chi connectivity index (χ1v) is 12.5. The van der Waals surface area contributed by atoms with Crippen molar-refractivity contribution in [1.29, 1.82) is 0 Å². The van der Waals surface area contributed by atoms with E-state index in [9.17, 15) is 14.4 Å². The molecule has 7 nitrogen and oxygen atoms in total. The fourth-order valence-electron chi connectivity index (χ4n) is 4.64. The first-order valence-electron chi connectivity index (χ1n) is 12.5. The molecule has 4 aromatic rings. The van der Waals surface area contributed by atoms with Crippen molar-refractivity contribution in [2.45, 2.75) is 26.9 Å². The SMILES string of the molecule is CCOC(=O)Cc1ccc(N2C(=O)c3c(OCC)cc4cccc(OCc5ccccc5)c4c3C2=O)cc1. The van der Waals surface area contributed by atoms with Gasteiger partial charge in [-0.1, -0.05) is 54.6 Å². The molecular weight excluding hydrogens is 482 g/mol. The van der Waals surface area contributed by atoms with E-state index in [1.54, 1.807) is 43.3 Å². The molecule has 192 valence electrons. The Bertz CT molecular complexity index is 1510. The van der Waals surface area contributed by atoms with E-state index in [1.807, 2.05) is 49.4 Å². The second kappa shape index (κ2) is 10.8. The molecule has 0 atom stereocenters. The highest BCUT2D eigenvalue weighted by molar-refractivity contribution is 6.39. The molecule has 4 aromatic carbocycles. The third-order valence-electron chi connectivity index (χ3n) is 6.31. The van der Waals surface area contributed by atoms with Crippen LogP contribution < -0.4 is 14.4 Å². The predicted molar refractivity (Wildman–Crippen MR) is 144 cm³/mol. The van der Waals surface area contributed by atoms with E-state index >= 15 is 0 Å². The standard InChI is InChI=1S/C31H27NO6/c1-3-36-25-18-22-11-8-12-24(38-19-21-9-6-5-7-10-21)27(22)29-28(25)30(34)32(31(29)35)23-15-13-20(14-16-23)17-26(33)37-4-2/h5-16,18H,3-4,17,19H2,1-2H3. The summed E-state index contributed by atoms with van der Waals surface area (Å²) in [5, 5.41) is 1.31. The molecule has 0 radical (unpaired) electrons. The zero-order valence-electron chi connectivity index (χ0n) is 21.2. The second-order valence-corrected chi connectivity index (χ2v) is 8.78. The fraction of sp³-hybridized carbons (Fsp3) is 0.194. The van der Waals surface area contributed by atoms with Gasteiger partial charge in [0, 0.05) is 5.39 Å². The van der Waals surface area contributed by atoms with Crippen molar-refractivity contribution in [3.8, 4) is 11.5 Å². The van der Waals surface area contributed by atoms with Gasteiger partial charge in [-0.25, -0.2) is 4.90 Å². The number of fused-ring (bicyclic) bond motifs is 3. The Labute approximate surface area is 220 Å². The van der Waals surface area contributed by atoms with Crippen LogP contribution in [0, 0.1) is 0 Å². The number of rotatable bonds is 9. The largest absolute Gasteiger partial charge is 0.493 e. The molecule has 1 aliphatic heterocycles. The lowest BCUT2D eigenvalue weighted by Crippen LogP contribution is -2.29. The molecule has 0 aromatic heterocycles. The van der Waals surface area contributed by atoms with Crippen LogP contribution in [0.4, 0.5) is 5.69 Å². The van der Waals surface area contributed by atoms with Gasteiger partial charge in [0.1, 0.15) is 18.1 Å². The minimum Gasteiger partial charge on any atom is -0.493 e. The van der Waals surface area contributed by atoms with E-state index in [1.165, 1.54) is 0 Å². The Kier molecular flexibility index (Phi) is 7.09. The number of carbonyl (C=O) groups is 3. The van der Waals surface area contributed by atoms with Gasteiger partial charge in [0.15, 0.2) is 0 Å². The van der Waals surface area contributed by atoms with Crippen molar-refractivity contribution >= 4 is 34.2 Å². The monoisotopic (exact) mass is 509 g/mol. The summed E-state index contributed by atoms with van der Waals surface area (Å²) in [5.41, 5.74) is 2.59. The van der Waals surface area contributed by atoms with E-state index in [0.717, 1.165) is 21.4 Å². The highest BCUT2D eigenvalue weighted by Crippen LogP contribution is 2.42. The van der Waals surface area contributed by atoms with Gasteiger partial charge in [-0.2, -0.15) is 0 Å². The molecule has 0 saturated carbocycles. The smallest absolute Gasteiger partial charge is 0.310 e. The number of benzene rings is 4. The number of hydrogen-bond donors (Lipinski definition) is 0. The number of anilines is 1. The molecule has 0 aliphatic carbocycles. The van der Waals surface area contributed by atoms with Gasteiger partial charge < -0.3 is 14.2 Å². The summed E-state index contributed by atoms with van der Waals surface area (Å²) >= 11 is 0. The van der Waals surface area contributed by atoms with Crippen molar-refractivity contribution < 1.29 is 28.6 Å². The van der Waals surface area contributed by atoms with Crippen LogP contribution >= 0.6 is 0 Å². The molecule has 0 saturated heterocycles. The molecule has 2 amide bonds. The molecule has 1 heterocycles. The number of imide groups is 1. The van der Waals surface area contributed by atoms with Gasteiger partial charge in [0.05, 0.1) is 36.4 Å². The molecule has 38 heavy (non-hydrogen) atoms. The first-order chi connectivity index (χ1) is 18.5. The van der Waals surface area contributed by atoms with Crippen molar-refractivity contribution in [2.24, 2.45) is 0 Å². The van der Waals surface area contributed by atoms with Crippen LogP contribution in [0.2, 0.25) is 0 Å². The highest BCUT2D eigenvalue weighted by Gasteiger charge is 2.41. The van der Waals surface area contributed by atoms with Gasteiger partial charge in [0.25, 0.3) is 11.8 Å². The molecule has 0 fully saturated rings. The van der Waals surface area contributed by atoms with Crippen molar-refractivity contribution in [1.82, 2.24) is 0 Å². The van der Waals surface area contributed by atoms with Crippen molar-refractivity contribution in [3.63, 3.8) is 0 Å². The number of hydrogen-bond acceptors (Lipinski definition) is 6. The lowest BCUT2D eigenvalue weighted by molar-refractivity contribution is -0.142. The van der Waals surface area contributed by atoms with Gasteiger partial charge >= 0.3 is 5.97 Å². The summed E-state index contributed by atoms with van der Waals surface area (Å²) in [6.07, 6.45) is 0.109. The van der Waals surface area contributed by atoms with Gasteiger partial charge in [-0.15, -0.1) is 0 Å². The number of nitrogens with zero attached hydrogens (tertiary/aromatic N) is 1. The second-order valence-electron chi connectivity index (χ2n) is 8.78. The molecule has 5 rings (SSSR count). The van der Waals surface area contributed by atoms with Crippen LogP contribution in [0.25, 0.3) is 10.8 Å². The molecule has 0 bridgehead atoms. The zero-order chi connectivity index (χ0) is 26.6. The van der Waals surface area contributed by atoms with Crippen LogP contribution in [0.5, 0.6) is 11.5 Å². The maximum Gasteiger partial charge on any atom is 0.310 e. The highest BCUT2D eigenvalue weighted by atomic mass is 16.5. The lowest BCUT2D eigenvalue weighted by Gasteiger charge is -2.15. The molecule has 0 N–H and O–H groups in total. The number of amides is 2. The zero-order valence-corrected chi connectivity index (χ0v) is 21.2. The Morgan fingerprint density at radius 1 is 0.737 bits per heavy atom. The summed E-state index contributed by atoms with van der Waals surface area (Å²) in [6, 6.07) is 23.8. The third-order valence-corrected chi connectivity index (χ3v) is 6.31. The Morgan fingerprint density at radius 2 is 1.47 bits per heavy atom. The number of ether oxygens (including phenoxy) is 3. The van der Waals surface area contributed by atoms with Crippen LogP contribution in [0.3, 0.4) is 0 Å². The summed E-state index contributed by atoms with van der Waals surface area (Å²) in [5.74, 6) is -0.387. The maximum atomic E-state index is 13.9. The summed E-state index contributed by atoms with van der Waals surface area (Å²) in [4.78, 5) is 40.6. The average molecular weight is 510 g/mol. The minimum atomic E-state index is -0.466. The molecule has 7 heteroatoms. The summed E-state index contributed by atoms with van der Waals surface area (Å²) in [6.45, 7) is 4.54. The van der Waals surface area contributed by atoms with Crippen LogP contribution in [-0.2, 0) is 22.6 Å². The fourth-order valence-corrected chi connectivity index (χ4v) is 4.64. The number of carbonyl (C=O) groups excluding carboxylic acids is 3. The van der Waals surface area contributed by atoms with E-state index in [0.29, 0.717) is 42.4 Å². The van der Waals surface area contributed by atoms with Crippen molar-refractivity contribution in [2.75, 3.05) is 18.1 Å². The van der Waals surface area contributed by atoms with Crippen molar-refractivity contribution in [3.05, 3.63) is 101 Å². The molecule has 0 unspecified atom stereocenters. The summed E-state index contributed by atoms with van der Waals surface area (Å²) in [7, 11) is 0. The normalized spacial score (nSPS) is 12.5. The topological polar surface area (TPSA) is 82.1 Å². The Morgan fingerprint density at radius 3 is 2.18 bits per heavy atom. The number of esters is 1. The predicted octanol–water partition coefficient (Wildman–Crippen LogP) is 5.72. The van der Waals surface area contributed by atoms with E-state index in [-0.39, 0.29) is 23.5 Å².